The summed E-state index contributed by atoms with van der Waals surface area (Å²) in [5.74, 6) is -2.13. The number of rotatable bonds is 5. The molecule has 0 fully saturated rings. The summed E-state index contributed by atoms with van der Waals surface area (Å²) in [5, 5.41) is 11.6. The van der Waals surface area contributed by atoms with Crippen LogP contribution in [-0.4, -0.2) is 23.2 Å². The highest BCUT2D eigenvalue weighted by atomic mass is 19.1. The van der Waals surface area contributed by atoms with Gasteiger partial charge in [0, 0.05) is 23.8 Å². The van der Waals surface area contributed by atoms with Gasteiger partial charge in [0.25, 0.3) is 5.91 Å². The first-order valence-corrected chi connectivity index (χ1v) is 5.79. The lowest BCUT2D eigenvalue weighted by Gasteiger charge is -2.29. The van der Waals surface area contributed by atoms with Crippen LogP contribution < -0.4 is 5.32 Å². The Labute approximate surface area is 105 Å². The number of nitrogens with one attached hydrogen (secondary N) is 1. The molecule has 0 bridgehead atoms. The number of amides is 1. The van der Waals surface area contributed by atoms with Crippen molar-refractivity contribution >= 4 is 5.91 Å². The second kappa shape index (κ2) is 5.91. The Kier molecular flexibility index (Phi) is 4.78. The van der Waals surface area contributed by atoms with E-state index >= 15 is 0 Å². The van der Waals surface area contributed by atoms with Gasteiger partial charge in [0.2, 0.25) is 0 Å². The van der Waals surface area contributed by atoms with Crippen LogP contribution in [0.3, 0.4) is 0 Å². The summed E-state index contributed by atoms with van der Waals surface area (Å²) < 4.78 is 26.0. The van der Waals surface area contributed by atoms with E-state index < -0.39 is 23.1 Å². The normalized spacial score (nSPS) is 14.1. The summed E-state index contributed by atoms with van der Waals surface area (Å²) in [5.41, 5.74) is -0.653. The van der Waals surface area contributed by atoms with Gasteiger partial charge in [0.1, 0.15) is 11.6 Å². The standard InChI is InChI=1S/C13H17F2NO2/c1-3-13(2,4-5-17)16-12(18)9-6-10(14)8-11(15)7-9/h6-8,17H,3-5H2,1-2H3,(H,16,18). The Morgan fingerprint density at radius 3 is 2.33 bits per heavy atom. The highest BCUT2D eigenvalue weighted by molar-refractivity contribution is 5.94. The van der Waals surface area contributed by atoms with E-state index in [1.807, 2.05) is 6.92 Å². The van der Waals surface area contributed by atoms with E-state index in [-0.39, 0.29) is 12.2 Å². The summed E-state index contributed by atoms with van der Waals surface area (Å²) >= 11 is 0. The van der Waals surface area contributed by atoms with Gasteiger partial charge in [0.15, 0.2) is 0 Å². The van der Waals surface area contributed by atoms with Crippen LogP contribution in [0.15, 0.2) is 18.2 Å². The van der Waals surface area contributed by atoms with Crippen LogP contribution in [0.4, 0.5) is 8.78 Å². The van der Waals surface area contributed by atoms with E-state index in [4.69, 9.17) is 5.11 Å². The molecule has 0 aromatic heterocycles. The Balaban J connectivity index is 2.87. The zero-order valence-electron chi connectivity index (χ0n) is 10.5. The largest absolute Gasteiger partial charge is 0.396 e. The molecule has 1 aromatic rings. The monoisotopic (exact) mass is 257 g/mol. The van der Waals surface area contributed by atoms with Crippen LogP contribution >= 0.6 is 0 Å². The molecule has 5 heteroatoms. The minimum atomic E-state index is -0.791. The third-order valence-corrected chi connectivity index (χ3v) is 2.98. The van der Waals surface area contributed by atoms with Crippen LogP contribution in [0, 0.1) is 11.6 Å². The molecule has 0 aliphatic heterocycles. The molecule has 1 aromatic carbocycles. The fourth-order valence-electron chi connectivity index (χ4n) is 1.61. The van der Waals surface area contributed by atoms with Gasteiger partial charge in [-0.1, -0.05) is 6.92 Å². The minimum absolute atomic E-state index is 0.0647. The predicted octanol–water partition coefficient (Wildman–Crippen LogP) is 2.25. The van der Waals surface area contributed by atoms with Crippen LogP contribution in [0.5, 0.6) is 0 Å². The highest BCUT2D eigenvalue weighted by Crippen LogP contribution is 2.16. The van der Waals surface area contributed by atoms with Gasteiger partial charge < -0.3 is 10.4 Å². The van der Waals surface area contributed by atoms with Crippen molar-refractivity contribution in [3.05, 3.63) is 35.4 Å². The van der Waals surface area contributed by atoms with Crippen molar-refractivity contribution in [2.24, 2.45) is 0 Å². The first kappa shape index (κ1) is 14.6. The Bertz CT molecular complexity index is 417. The number of hydrogen-bond acceptors (Lipinski definition) is 2. The molecular weight excluding hydrogens is 240 g/mol. The molecule has 100 valence electrons. The highest BCUT2D eigenvalue weighted by Gasteiger charge is 2.24. The fraction of sp³-hybridized carbons (Fsp3) is 0.462. The van der Waals surface area contributed by atoms with Gasteiger partial charge in [-0.15, -0.1) is 0 Å². The molecule has 0 aliphatic rings. The molecule has 0 heterocycles. The van der Waals surface area contributed by atoms with Gasteiger partial charge in [-0.2, -0.15) is 0 Å². The van der Waals surface area contributed by atoms with Gasteiger partial charge in [-0.3, -0.25) is 4.79 Å². The third-order valence-electron chi connectivity index (χ3n) is 2.98. The predicted molar refractivity (Wildman–Crippen MR) is 64.2 cm³/mol. The van der Waals surface area contributed by atoms with Gasteiger partial charge in [-0.05, 0) is 31.9 Å². The van der Waals surface area contributed by atoms with Crippen LogP contribution in [0.25, 0.3) is 0 Å². The number of carbonyl (C=O) groups excluding carboxylic acids is 1. The molecule has 1 rings (SSSR count). The van der Waals surface area contributed by atoms with E-state index in [1.54, 1.807) is 6.92 Å². The lowest BCUT2D eigenvalue weighted by molar-refractivity contribution is 0.0885. The maximum absolute atomic E-state index is 13.0. The maximum Gasteiger partial charge on any atom is 0.251 e. The number of hydrogen-bond donors (Lipinski definition) is 2. The van der Waals surface area contributed by atoms with Crippen molar-refractivity contribution in [1.29, 1.82) is 0 Å². The number of aliphatic hydroxyl groups is 1. The zero-order valence-corrected chi connectivity index (χ0v) is 10.5. The van der Waals surface area contributed by atoms with Crippen molar-refractivity contribution in [2.75, 3.05) is 6.61 Å². The maximum atomic E-state index is 13.0. The first-order valence-electron chi connectivity index (χ1n) is 5.79. The lowest BCUT2D eigenvalue weighted by atomic mass is 9.94. The molecule has 1 atom stereocenters. The molecule has 0 saturated carbocycles. The summed E-state index contributed by atoms with van der Waals surface area (Å²) in [6.07, 6.45) is 0.990. The summed E-state index contributed by atoms with van der Waals surface area (Å²) in [6.45, 7) is 3.57. The first-order chi connectivity index (χ1) is 8.40. The van der Waals surface area contributed by atoms with E-state index in [9.17, 15) is 13.6 Å². The molecule has 1 unspecified atom stereocenters. The number of aliphatic hydroxyl groups excluding tert-OH is 1. The van der Waals surface area contributed by atoms with Crippen molar-refractivity contribution < 1.29 is 18.7 Å². The SMILES string of the molecule is CCC(C)(CCO)NC(=O)c1cc(F)cc(F)c1. The molecule has 0 radical (unpaired) electrons. The quantitative estimate of drug-likeness (QED) is 0.850. The van der Waals surface area contributed by atoms with Crippen LogP contribution in [0.2, 0.25) is 0 Å². The fourth-order valence-corrected chi connectivity index (χ4v) is 1.61. The Hall–Kier alpha value is -1.49. The minimum Gasteiger partial charge on any atom is -0.396 e. The van der Waals surface area contributed by atoms with Gasteiger partial charge in [0.05, 0.1) is 0 Å². The second-order valence-corrected chi connectivity index (χ2v) is 4.50. The van der Waals surface area contributed by atoms with E-state index in [0.29, 0.717) is 18.9 Å². The molecule has 3 nitrogen and oxygen atoms in total. The molecular formula is C13H17F2NO2. The summed E-state index contributed by atoms with van der Waals surface area (Å²) in [4.78, 5) is 11.9. The van der Waals surface area contributed by atoms with E-state index in [0.717, 1.165) is 12.1 Å². The average Bonchev–Trinajstić information content (AvgIpc) is 2.28. The Morgan fingerprint density at radius 1 is 1.33 bits per heavy atom. The Morgan fingerprint density at radius 2 is 1.89 bits per heavy atom. The number of benzene rings is 1. The smallest absolute Gasteiger partial charge is 0.251 e. The van der Waals surface area contributed by atoms with Crippen molar-refractivity contribution in [2.45, 2.75) is 32.2 Å². The van der Waals surface area contributed by atoms with Crippen molar-refractivity contribution in [3.63, 3.8) is 0 Å². The molecule has 0 spiro atoms. The number of halogens is 2. The van der Waals surface area contributed by atoms with Crippen molar-refractivity contribution in [1.82, 2.24) is 5.32 Å². The molecule has 2 N–H and O–H groups in total. The van der Waals surface area contributed by atoms with Crippen LogP contribution in [0.1, 0.15) is 37.0 Å². The van der Waals surface area contributed by atoms with E-state index in [1.165, 1.54) is 0 Å². The van der Waals surface area contributed by atoms with Gasteiger partial charge >= 0.3 is 0 Å². The summed E-state index contributed by atoms with van der Waals surface area (Å²) in [7, 11) is 0. The molecule has 0 aliphatic carbocycles. The summed E-state index contributed by atoms with van der Waals surface area (Å²) in [6, 6.07) is 2.67. The third kappa shape index (κ3) is 3.77. The van der Waals surface area contributed by atoms with E-state index in [2.05, 4.69) is 5.32 Å². The second-order valence-electron chi connectivity index (χ2n) is 4.50. The zero-order chi connectivity index (χ0) is 13.8. The van der Waals surface area contributed by atoms with Crippen LogP contribution in [-0.2, 0) is 0 Å². The lowest BCUT2D eigenvalue weighted by Crippen LogP contribution is -2.46. The molecule has 18 heavy (non-hydrogen) atoms. The van der Waals surface area contributed by atoms with Gasteiger partial charge in [-0.25, -0.2) is 8.78 Å². The van der Waals surface area contributed by atoms with Crippen molar-refractivity contribution in [3.8, 4) is 0 Å². The number of carbonyl (C=O) groups is 1. The average molecular weight is 257 g/mol. The topological polar surface area (TPSA) is 49.3 Å². The molecule has 0 saturated heterocycles. The molecule has 1 amide bonds.